The van der Waals surface area contributed by atoms with E-state index < -0.39 is 130 Å². The Labute approximate surface area is 447 Å². The third kappa shape index (κ3) is 10.8. The summed E-state index contributed by atoms with van der Waals surface area (Å²) in [6, 6.07) is 22.9. The summed E-state index contributed by atoms with van der Waals surface area (Å²) in [5, 5.41) is 57.2. The number of ether oxygens (including phenoxy) is 5. The Morgan fingerprint density at radius 1 is 0.773 bits per heavy atom. The Morgan fingerprint density at radius 2 is 1.31 bits per heavy atom. The third-order valence-electron chi connectivity index (χ3n) is 15.5. The number of benzene rings is 3. The molecule has 75 heavy (non-hydrogen) atoms. The van der Waals surface area contributed by atoms with Crippen molar-refractivity contribution < 1.29 is 109 Å². The molecule has 3 aromatic rings. The normalized spacial score (nSPS) is 29.2. The predicted molar refractivity (Wildman–Crippen MR) is 260 cm³/mol. The van der Waals surface area contributed by atoms with Gasteiger partial charge in [-0.1, -0.05) is 80.6 Å². The first kappa shape index (κ1) is 61.4. The molecule has 4 fully saturated rings. The number of nitrogens with one attached hydrogen (secondary N) is 1. The number of Topliss-reactive ketones (excluding diaryl/α,β-unsaturated/α-hetero) is 1. The summed E-state index contributed by atoms with van der Waals surface area (Å²) in [6.07, 6.45) is -9.25. The van der Waals surface area contributed by atoms with Crippen molar-refractivity contribution in [1.82, 2.24) is 5.32 Å². The molecule has 3 saturated carbocycles. The van der Waals surface area contributed by atoms with Gasteiger partial charge in [-0.25, -0.2) is 9.59 Å². The summed E-state index contributed by atoms with van der Waals surface area (Å²) in [5.41, 5.74) is -8.46. The Hall–Kier alpha value is -6.19. The van der Waals surface area contributed by atoms with Crippen molar-refractivity contribution in [2.24, 2.45) is 22.2 Å². The molecular formula is C53H63N3O18Pt. The second-order valence-corrected chi connectivity index (χ2v) is 19.9. The van der Waals surface area contributed by atoms with Gasteiger partial charge in [0.05, 0.1) is 35.6 Å². The van der Waals surface area contributed by atoms with E-state index in [-0.39, 0.29) is 81.5 Å². The molecule has 5 aliphatic rings. The SMILES string of the molecule is CC(=O)O[C@H]1C(=O)[C@@]2(C)[C@H]([C@H](OC(=O)c3ccccc3)[C@]3(O)C[C@H](OC(=O)[C@H](O)[C@@H](NC(=O)c4ccccc4)c4ccccc4)C(C)=C1C3(C)C)[C@]1(OC(C)=O)CO[C@@H]1C[C@@H]2O.O=C(O)C1(C(=O)O)CCC1.[NH2-].[NH2-].[Pt+2]. The molecule has 408 valence electrons. The van der Waals surface area contributed by atoms with Crippen LogP contribution in [0.1, 0.15) is 106 Å². The minimum absolute atomic E-state index is 0. The molecule has 0 unspecified atom stereocenters. The van der Waals surface area contributed by atoms with Crippen LogP contribution in [-0.2, 0) is 73.5 Å². The number of fused-ring (bicyclic) bond motifs is 5. The number of carbonyl (C=O) groups excluding carboxylic acids is 6. The standard InChI is InChI=1S/C47H51NO14.C6H8O4.2H2N.Pt/c1-25-31(60-43(56)36(52)35(28-16-10-7-11-17-28)48-41(54)29-18-12-8-13-19-29)23-47(57)40(61-42(55)30-20-14-9-15-21-30)38-45(6,32(51)22-33-46(38,24-58-33)62-27(3)50)39(53)37(59-26(2)49)34(25)44(47,4)5;7-4(8)6(5(9)10)2-1-3-6;;;/h7-21,31-33,35-38,40,51-52,57H,22-24H2,1-6H3,(H,48,54);1-3H2,(H,7,8)(H,9,10);2*1H2;/q;;2*-1;+2/t31-,32-,33+,35-,36+,37+,38-,40-,45+,46-,47+;;;;/m0..../s1. The molecule has 4 aliphatic carbocycles. The van der Waals surface area contributed by atoms with Crippen molar-refractivity contribution in [3.8, 4) is 0 Å². The van der Waals surface area contributed by atoms with Crippen LogP contribution < -0.4 is 5.32 Å². The molecule has 1 saturated heterocycles. The molecule has 8 rings (SSSR count). The molecule has 1 heterocycles. The molecule has 21 nitrogen and oxygen atoms in total. The number of hydrogen-bond acceptors (Lipinski definition) is 16. The van der Waals surface area contributed by atoms with Gasteiger partial charge in [0.25, 0.3) is 5.91 Å². The van der Waals surface area contributed by atoms with Crippen molar-refractivity contribution in [3.63, 3.8) is 0 Å². The maximum atomic E-state index is 15.5. The number of carboxylic acid groups (broad SMARTS) is 2. The quantitative estimate of drug-likeness (QED) is 0.0564. The summed E-state index contributed by atoms with van der Waals surface area (Å²) in [5.74, 6) is -9.25. The second kappa shape index (κ2) is 23.4. The van der Waals surface area contributed by atoms with Crippen LogP contribution >= 0.6 is 0 Å². The van der Waals surface area contributed by atoms with Gasteiger partial charge in [-0.2, -0.15) is 0 Å². The van der Waals surface area contributed by atoms with Crippen molar-refractivity contribution in [2.45, 2.75) is 128 Å². The molecule has 2 bridgehead atoms. The maximum absolute atomic E-state index is 15.5. The summed E-state index contributed by atoms with van der Waals surface area (Å²) < 4.78 is 30.3. The molecular weight excluding hydrogens is 1160 g/mol. The number of amides is 1. The Bertz CT molecular complexity index is 2650. The fourth-order valence-corrected chi connectivity index (χ4v) is 11.2. The van der Waals surface area contributed by atoms with Crippen molar-refractivity contribution in [1.29, 1.82) is 0 Å². The molecule has 10 N–H and O–H groups in total. The minimum Gasteiger partial charge on any atom is -0.693 e. The monoisotopic (exact) mass is 1220 g/mol. The number of aliphatic hydroxyl groups is 3. The van der Waals surface area contributed by atoms with Gasteiger partial charge in [0.2, 0.25) is 0 Å². The van der Waals surface area contributed by atoms with E-state index in [1.807, 2.05) is 0 Å². The summed E-state index contributed by atoms with van der Waals surface area (Å²) in [7, 11) is 0. The van der Waals surface area contributed by atoms with E-state index in [1.54, 1.807) is 92.7 Å². The first-order chi connectivity index (χ1) is 33.9. The number of ketones is 1. The summed E-state index contributed by atoms with van der Waals surface area (Å²) in [4.78, 5) is 104. The van der Waals surface area contributed by atoms with E-state index >= 15 is 4.79 Å². The van der Waals surface area contributed by atoms with Crippen LogP contribution in [0.15, 0.2) is 102 Å². The van der Waals surface area contributed by atoms with Crippen LogP contribution in [0, 0.1) is 22.2 Å². The predicted octanol–water partition coefficient (Wildman–Crippen LogP) is 5.49. The molecule has 1 amide bonds. The van der Waals surface area contributed by atoms with Gasteiger partial charge in [-0.05, 0) is 74.1 Å². The number of aliphatic carboxylic acids is 2. The van der Waals surface area contributed by atoms with E-state index in [9.17, 15) is 48.9 Å². The maximum Gasteiger partial charge on any atom is 2.00 e. The Kier molecular flexibility index (Phi) is 19.1. The molecule has 3 aromatic carbocycles. The van der Waals surface area contributed by atoms with Gasteiger partial charge >= 0.3 is 56.9 Å². The average Bonchev–Trinajstić information content (AvgIpc) is 3.31. The molecule has 22 heteroatoms. The molecule has 0 aromatic heterocycles. The molecule has 0 radical (unpaired) electrons. The zero-order valence-corrected chi connectivity index (χ0v) is 44.3. The van der Waals surface area contributed by atoms with Crippen LogP contribution in [0.25, 0.3) is 12.3 Å². The topological polar surface area (TPSA) is 363 Å². The molecule has 0 spiro atoms. The van der Waals surface area contributed by atoms with E-state index in [0.29, 0.717) is 12.0 Å². The first-order valence-electron chi connectivity index (χ1n) is 23.5. The fourth-order valence-electron chi connectivity index (χ4n) is 11.2. The van der Waals surface area contributed by atoms with Crippen LogP contribution in [0.3, 0.4) is 0 Å². The number of hydrogen-bond donors (Lipinski definition) is 6. The van der Waals surface area contributed by atoms with Crippen molar-refractivity contribution >= 4 is 47.5 Å². The Morgan fingerprint density at radius 3 is 1.76 bits per heavy atom. The largest absolute Gasteiger partial charge is 2.00 e. The number of aliphatic hydroxyl groups excluding tert-OH is 2. The number of carboxylic acids is 2. The average molecular weight is 1230 g/mol. The van der Waals surface area contributed by atoms with Crippen LogP contribution in [0.4, 0.5) is 0 Å². The zero-order chi connectivity index (χ0) is 52.7. The number of rotatable bonds is 12. The Balaban J connectivity index is 0.000000840. The van der Waals surface area contributed by atoms with Crippen LogP contribution in [-0.4, -0.2) is 127 Å². The van der Waals surface area contributed by atoms with Crippen molar-refractivity contribution in [3.05, 3.63) is 131 Å². The van der Waals surface area contributed by atoms with Crippen LogP contribution in [0.2, 0.25) is 0 Å². The second-order valence-electron chi connectivity index (χ2n) is 19.9. The fraction of sp³-hybridized carbons (Fsp3) is 0.472. The molecule has 1 aliphatic heterocycles. The minimum atomic E-state index is -2.39. The van der Waals surface area contributed by atoms with E-state index in [1.165, 1.54) is 26.0 Å². The van der Waals surface area contributed by atoms with Gasteiger partial charge in [-0.15, -0.1) is 0 Å². The van der Waals surface area contributed by atoms with Gasteiger partial charge in [0.15, 0.2) is 29.0 Å². The summed E-state index contributed by atoms with van der Waals surface area (Å²) in [6.45, 7) is 7.97. The zero-order valence-electron chi connectivity index (χ0n) is 42.0. The van der Waals surface area contributed by atoms with E-state index in [4.69, 9.17) is 33.9 Å². The molecule has 11 atom stereocenters. The van der Waals surface area contributed by atoms with Crippen LogP contribution in [0.5, 0.6) is 0 Å². The number of nitrogens with two attached hydrogens (primary N) is 2. The number of carbonyl (C=O) groups is 8. The smallest absolute Gasteiger partial charge is 0.693 e. The summed E-state index contributed by atoms with van der Waals surface area (Å²) >= 11 is 0. The van der Waals surface area contributed by atoms with Gasteiger partial charge < -0.3 is 66.8 Å². The first-order valence-corrected chi connectivity index (χ1v) is 23.5. The van der Waals surface area contributed by atoms with Gasteiger partial charge in [0.1, 0.15) is 23.9 Å². The third-order valence-corrected chi connectivity index (χ3v) is 15.5. The van der Waals surface area contributed by atoms with E-state index in [0.717, 1.165) is 13.8 Å². The van der Waals surface area contributed by atoms with Gasteiger partial charge in [-0.3, -0.25) is 28.8 Å². The van der Waals surface area contributed by atoms with Crippen molar-refractivity contribution in [2.75, 3.05) is 6.61 Å². The van der Waals surface area contributed by atoms with Gasteiger partial charge in [0, 0.05) is 37.7 Å². The van der Waals surface area contributed by atoms with E-state index in [2.05, 4.69) is 5.32 Å². The number of esters is 4.